The minimum atomic E-state index is -3.04. The largest absolute Gasteiger partial charge is 0.323 e. The van der Waals surface area contributed by atoms with Crippen LogP contribution in [0.25, 0.3) is 11.0 Å². The first-order valence-electron chi connectivity index (χ1n) is 6.84. The van der Waals surface area contributed by atoms with Crippen molar-refractivity contribution in [3.05, 3.63) is 29.3 Å². The van der Waals surface area contributed by atoms with E-state index in [2.05, 4.69) is 4.98 Å². The van der Waals surface area contributed by atoms with Crippen LogP contribution in [0, 0.1) is 12.7 Å². The van der Waals surface area contributed by atoms with Gasteiger partial charge in [-0.05, 0) is 31.4 Å². The molecule has 3 rings (SSSR count). The molecule has 2 heterocycles. The van der Waals surface area contributed by atoms with E-state index in [9.17, 15) is 12.8 Å². The Hall–Kier alpha value is -1.14. The van der Waals surface area contributed by atoms with E-state index in [0.717, 1.165) is 11.9 Å². The highest BCUT2D eigenvalue weighted by molar-refractivity contribution is 7.91. The molecule has 7 heteroatoms. The van der Waals surface area contributed by atoms with Gasteiger partial charge >= 0.3 is 0 Å². The third-order valence-electron chi connectivity index (χ3n) is 3.97. The van der Waals surface area contributed by atoms with E-state index in [-0.39, 0.29) is 29.2 Å². The number of benzene rings is 1. The molecule has 1 unspecified atom stereocenters. The number of rotatable bonds is 2. The standard InChI is InChI=1S/C14H16ClFN2O2S/c1-9-5-13-12(6-11(9)16)17-14(7-15)18(13)10-3-2-4-21(19,20)8-10/h5-6,10H,2-4,7-8H2,1H3. The quantitative estimate of drug-likeness (QED) is 0.795. The number of hydrogen-bond donors (Lipinski definition) is 0. The molecule has 0 saturated carbocycles. The normalized spacial score (nSPS) is 21.8. The van der Waals surface area contributed by atoms with Crippen molar-refractivity contribution in [2.24, 2.45) is 0 Å². The maximum Gasteiger partial charge on any atom is 0.152 e. The lowest BCUT2D eigenvalue weighted by molar-refractivity contribution is 0.470. The van der Waals surface area contributed by atoms with Gasteiger partial charge in [-0.1, -0.05) is 0 Å². The molecule has 1 saturated heterocycles. The molecule has 0 N–H and O–H groups in total. The van der Waals surface area contributed by atoms with E-state index in [1.807, 2.05) is 4.57 Å². The van der Waals surface area contributed by atoms with Crippen LogP contribution >= 0.6 is 11.6 Å². The molecule has 0 amide bonds. The summed E-state index contributed by atoms with van der Waals surface area (Å²) in [7, 11) is -3.04. The molecular formula is C14H16ClFN2O2S. The van der Waals surface area contributed by atoms with Gasteiger partial charge in [-0.15, -0.1) is 11.6 Å². The van der Waals surface area contributed by atoms with Crippen molar-refractivity contribution < 1.29 is 12.8 Å². The highest BCUT2D eigenvalue weighted by atomic mass is 35.5. The fraction of sp³-hybridized carbons (Fsp3) is 0.500. The molecular weight excluding hydrogens is 315 g/mol. The molecule has 1 aliphatic rings. The van der Waals surface area contributed by atoms with Crippen LogP contribution < -0.4 is 0 Å². The van der Waals surface area contributed by atoms with E-state index in [1.54, 1.807) is 13.0 Å². The molecule has 0 aliphatic carbocycles. The summed E-state index contributed by atoms with van der Waals surface area (Å²) in [5, 5.41) is 0. The van der Waals surface area contributed by atoms with Crippen molar-refractivity contribution in [1.82, 2.24) is 9.55 Å². The molecule has 1 aromatic carbocycles. The Morgan fingerprint density at radius 3 is 2.90 bits per heavy atom. The second-order valence-electron chi connectivity index (χ2n) is 5.53. The van der Waals surface area contributed by atoms with Crippen molar-refractivity contribution in [2.45, 2.75) is 31.7 Å². The summed E-state index contributed by atoms with van der Waals surface area (Å²) < 4.78 is 39.3. The Morgan fingerprint density at radius 1 is 1.48 bits per heavy atom. The van der Waals surface area contributed by atoms with Crippen molar-refractivity contribution in [3.8, 4) is 0 Å². The molecule has 1 aromatic heterocycles. The molecule has 0 radical (unpaired) electrons. The van der Waals surface area contributed by atoms with Crippen molar-refractivity contribution in [2.75, 3.05) is 11.5 Å². The van der Waals surface area contributed by atoms with Crippen LogP contribution in [0.3, 0.4) is 0 Å². The van der Waals surface area contributed by atoms with E-state index in [4.69, 9.17) is 11.6 Å². The van der Waals surface area contributed by atoms with Crippen LogP contribution in [0.4, 0.5) is 4.39 Å². The zero-order valence-electron chi connectivity index (χ0n) is 11.6. The summed E-state index contributed by atoms with van der Waals surface area (Å²) in [5.74, 6) is 0.785. The van der Waals surface area contributed by atoms with Gasteiger partial charge in [-0.3, -0.25) is 0 Å². The fourth-order valence-corrected chi connectivity index (χ4v) is 4.84. The van der Waals surface area contributed by atoms with Crippen LogP contribution in [0.15, 0.2) is 12.1 Å². The van der Waals surface area contributed by atoms with Crippen molar-refractivity contribution >= 4 is 32.5 Å². The molecule has 1 atom stereocenters. The predicted molar refractivity (Wildman–Crippen MR) is 80.9 cm³/mol. The third-order valence-corrected chi connectivity index (χ3v) is 6.01. The van der Waals surface area contributed by atoms with Gasteiger partial charge in [-0.2, -0.15) is 0 Å². The molecule has 1 fully saturated rings. The topological polar surface area (TPSA) is 52.0 Å². The van der Waals surface area contributed by atoms with E-state index in [0.29, 0.717) is 23.3 Å². The van der Waals surface area contributed by atoms with E-state index in [1.165, 1.54) is 6.07 Å². The average Bonchev–Trinajstić information content (AvgIpc) is 2.75. The van der Waals surface area contributed by atoms with Gasteiger partial charge in [0.05, 0.1) is 28.4 Å². The van der Waals surface area contributed by atoms with Crippen molar-refractivity contribution in [1.29, 1.82) is 0 Å². The zero-order valence-corrected chi connectivity index (χ0v) is 13.2. The van der Waals surface area contributed by atoms with Gasteiger partial charge in [0.1, 0.15) is 11.6 Å². The first kappa shape index (κ1) is 14.8. The van der Waals surface area contributed by atoms with Gasteiger partial charge in [-0.25, -0.2) is 17.8 Å². The molecule has 0 bridgehead atoms. The van der Waals surface area contributed by atoms with E-state index >= 15 is 0 Å². The number of aromatic nitrogens is 2. The number of nitrogens with zero attached hydrogens (tertiary/aromatic N) is 2. The smallest absolute Gasteiger partial charge is 0.152 e. The minimum absolute atomic E-state index is 0.0960. The zero-order chi connectivity index (χ0) is 15.2. The van der Waals surface area contributed by atoms with Crippen LogP contribution in [-0.4, -0.2) is 29.5 Å². The van der Waals surface area contributed by atoms with Crippen LogP contribution in [0.5, 0.6) is 0 Å². The summed E-state index contributed by atoms with van der Waals surface area (Å²) in [6.07, 6.45) is 1.40. The molecule has 4 nitrogen and oxygen atoms in total. The Balaban J connectivity index is 2.18. The highest BCUT2D eigenvalue weighted by Crippen LogP contribution is 2.30. The summed E-state index contributed by atoms with van der Waals surface area (Å²) in [5.41, 5.74) is 1.80. The second-order valence-corrected chi connectivity index (χ2v) is 8.03. The lowest BCUT2D eigenvalue weighted by Gasteiger charge is -2.25. The molecule has 21 heavy (non-hydrogen) atoms. The number of halogens is 2. The summed E-state index contributed by atoms with van der Waals surface area (Å²) in [6, 6.07) is 2.93. The SMILES string of the molecule is Cc1cc2c(cc1F)nc(CCl)n2C1CCCS(=O)(=O)C1. The van der Waals surface area contributed by atoms with Gasteiger partial charge in [0, 0.05) is 12.1 Å². The summed E-state index contributed by atoms with van der Waals surface area (Å²) >= 11 is 5.95. The first-order chi connectivity index (χ1) is 9.91. The molecule has 114 valence electrons. The number of fused-ring (bicyclic) bond motifs is 1. The average molecular weight is 331 g/mol. The Kier molecular flexibility index (Phi) is 3.69. The van der Waals surface area contributed by atoms with E-state index < -0.39 is 9.84 Å². The number of hydrogen-bond acceptors (Lipinski definition) is 3. The van der Waals surface area contributed by atoms with Gasteiger partial charge in [0.2, 0.25) is 0 Å². The van der Waals surface area contributed by atoms with Gasteiger partial charge in [0.15, 0.2) is 9.84 Å². The Bertz CT molecular complexity index is 801. The lowest BCUT2D eigenvalue weighted by Crippen LogP contribution is -2.28. The number of imidazole rings is 1. The monoisotopic (exact) mass is 330 g/mol. The Morgan fingerprint density at radius 2 is 2.24 bits per heavy atom. The lowest BCUT2D eigenvalue weighted by atomic mass is 10.1. The minimum Gasteiger partial charge on any atom is -0.323 e. The first-order valence-corrected chi connectivity index (χ1v) is 9.20. The predicted octanol–water partition coefficient (Wildman–Crippen LogP) is 2.97. The number of alkyl halides is 1. The van der Waals surface area contributed by atoms with Crippen LogP contribution in [0.2, 0.25) is 0 Å². The second kappa shape index (κ2) is 5.25. The highest BCUT2D eigenvalue weighted by Gasteiger charge is 2.28. The molecule has 1 aliphatic heterocycles. The third kappa shape index (κ3) is 2.66. The van der Waals surface area contributed by atoms with Crippen LogP contribution in [0.1, 0.15) is 30.3 Å². The maximum atomic E-state index is 13.7. The molecule has 0 spiro atoms. The maximum absolute atomic E-state index is 13.7. The van der Waals surface area contributed by atoms with Crippen LogP contribution in [-0.2, 0) is 15.7 Å². The fourth-order valence-electron chi connectivity index (χ4n) is 2.97. The van der Waals surface area contributed by atoms with Crippen molar-refractivity contribution in [3.63, 3.8) is 0 Å². The molecule has 2 aromatic rings. The number of sulfone groups is 1. The van der Waals surface area contributed by atoms with Gasteiger partial charge < -0.3 is 4.57 Å². The Labute approximate surface area is 127 Å². The number of aryl methyl sites for hydroxylation is 1. The summed E-state index contributed by atoms with van der Waals surface area (Å²) in [4.78, 5) is 4.35. The summed E-state index contributed by atoms with van der Waals surface area (Å²) in [6.45, 7) is 1.68. The van der Waals surface area contributed by atoms with Gasteiger partial charge in [0.25, 0.3) is 0 Å².